The molecule has 0 fully saturated rings. The van der Waals surface area contributed by atoms with Crippen LogP contribution in [0.4, 0.5) is 0 Å². The highest BCUT2D eigenvalue weighted by Gasteiger charge is 2.21. The smallest absolute Gasteiger partial charge is 0.354 e. The van der Waals surface area contributed by atoms with Gasteiger partial charge >= 0.3 is 5.97 Å². The van der Waals surface area contributed by atoms with Crippen molar-refractivity contribution in [2.24, 2.45) is 0 Å². The average Bonchev–Trinajstić information content (AvgIpc) is 2.85. The molecule has 0 amide bonds. The predicted octanol–water partition coefficient (Wildman–Crippen LogP) is 4.27. The summed E-state index contributed by atoms with van der Waals surface area (Å²) in [7, 11) is 0. The van der Waals surface area contributed by atoms with Gasteiger partial charge in [-0.2, -0.15) is 0 Å². The molecule has 1 aromatic carbocycles. The molecule has 23 heavy (non-hydrogen) atoms. The molecule has 0 bridgehead atoms. The minimum atomic E-state index is -1.02. The van der Waals surface area contributed by atoms with Crippen LogP contribution in [0.5, 0.6) is 0 Å². The Morgan fingerprint density at radius 1 is 1.30 bits per heavy atom. The number of aromatic nitrogens is 3. The Bertz CT molecular complexity index is 935. The highest BCUT2D eigenvalue weighted by molar-refractivity contribution is 6.36. The topological polar surface area (TPSA) is 67.5 Å². The molecule has 1 N–H and O–H groups in total. The largest absolute Gasteiger partial charge is 0.477 e. The summed E-state index contributed by atoms with van der Waals surface area (Å²) in [6.07, 6.45) is 2.18. The average molecular weight is 350 g/mol. The molecule has 2 aromatic heterocycles. The van der Waals surface area contributed by atoms with E-state index in [9.17, 15) is 9.90 Å². The Morgan fingerprint density at radius 3 is 2.65 bits per heavy atom. The summed E-state index contributed by atoms with van der Waals surface area (Å²) in [6, 6.07) is 5.10. The van der Waals surface area contributed by atoms with E-state index in [2.05, 4.69) is 9.97 Å². The molecular formula is C16H13Cl2N3O2. The molecule has 0 aliphatic rings. The maximum absolute atomic E-state index is 11.6. The van der Waals surface area contributed by atoms with Crippen molar-refractivity contribution >= 4 is 34.8 Å². The van der Waals surface area contributed by atoms with E-state index >= 15 is 0 Å². The first-order chi connectivity index (χ1) is 10.9. The SMILES string of the molecule is CCc1nc2c(-c3ccc(Cl)cc3Cl)nc(C)cn2c1C(=O)O. The summed E-state index contributed by atoms with van der Waals surface area (Å²) in [4.78, 5) is 20.6. The molecule has 118 valence electrons. The van der Waals surface area contributed by atoms with Crippen molar-refractivity contribution in [1.29, 1.82) is 0 Å². The number of hydrogen-bond acceptors (Lipinski definition) is 3. The van der Waals surface area contributed by atoms with Crippen molar-refractivity contribution in [3.05, 3.63) is 51.5 Å². The molecule has 3 rings (SSSR count). The lowest BCUT2D eigenvalue weighted by atomic mass is 10.1. The van der Waals surface area contributed by atoms with Crippen LogP contribution in [0.3, 0.4) is 0 Å². The van der Waals surface area contributed by atoms with E-state index in [1.807, 2.05) is 6.92 Å². The fraction of sp³-hybridized carbons (Fsp3) is 0.188. The van der Waals surface area contributed by atoms with Gasteiger partial charge in [-0.05, 0) is 31.5 Å². The van der Waals surface area contributed by atoms with Crippen LogP contribution in [-0.2, 0) is 6.42 Å². The lowest BCUT2D eigenvalue weighted by molar-refractivity contribution is 0.0688. The van der Waals surface area contributed by atoms with Crippen molar-refractivity contribution in [1.82, 2.24) is 14.4 Å². The van der Waals surface area contributed by atoms with E-state index in [-0.39, 0.29) is 5.69 Å². The van der Waals surface area contributed by atoms with Crippen LogP contribution in [0, 0.1) is 6.92 Å². The van der Waals surface area contributed by atoms with Gasteiger partial charge in [-0.25, -0.2) is 14.8 Å². The summed E-state index contributed by atoms with van der Waals surface area (Å²) in [6.45, 7) is 3.66. The molecule has 5 nitrogen and oxygen atoms in total. The van der Waals surface area contributed by atoms with Crippen LogP contribution in [0.1, 0.15) is 28.8 Å². The van der Waals surface area contributed by atoms with E-state index in [1.54, 1.807) is 35.7 Å². The summed E-state index contributed by atoms with van der Waals surface area (Å²) < 4.78 is 1.56. The van der Waals surface area contributed by atoms with E-state index < -0.39 is 5.97 Å². The molecular weight excluding hydrogens is 337 g/mol. The fourth-order valence-corrected chi connectivity index (χ4v) is 3.05. The summed E-state index contributed by atoms with van der Waals surface area (Å²) in [5, 5.41) is 10.5. The number of nitrogens with zero attached hydrogens (tertiary/aromatic N) is 3. The van der Waals surface area contributed by atoms with Gasteiger partial charge in [0.25, 0.3) is 0 Å². The minimum absolute atomic E-state index is 0.152. The Morgan fingerprint density at radius 2 is 2.04 bits per heavy atom. The van der Waals surface area contributed by atoms with Crippen LogP contribution in [0.25, 0.3) is 16.9 Å². The third kappa shape index (κ3) is 2.66. The van der Waals surface area contributed by atoms with Crippen LogP contribution in [-0.4, -0.2) is 25.4 Å². The molecule has 7 heteroatoms. The number of carboxylic acid groups (broad SMARTS) is 1. The fourth-order valence-electron chi connectivity index (χ4n) is 2.55. The number of aromatic carboxylic acids is 1. The minimum Gasteiger partial charge on any atom is -0.477 e. The zero-order valence-corrected chi connectivity index (χ0v) is 14.0. The molecule has 0 unspecified atom stereocenters. The Balaban J connectivity index is 2.40. The Labute approximate surface area is 142 Å². The number of aryl methyl sites for hydroxylation is 2. The van der Waals surface area contributed by atoms with E-state index in [1.165, 1.54) is 0 Å². The second-order valence-electron chi connectivity index (χ2n) is 5.11. The molecule has 0 saturated carbocycles. The van der Waals surface area contributed by atoms with Gasteiger partial charge in [0.1, 0.15) is 5.69 Å². The van der Waals surface area contributed by atoms with Gasteiger partial charge in [-0.15, -0.1) is 0 Å². The monoisotopic (exact) mass is 349 g/mol. The second kappa shape index (κ2) is 5.83. The van der Waals surface area contributed by atoms with Crippen LogP contribution < -0.4 is 0 Å². The van der Waals surface area contributed by atoms with Crippen molar-refractivity contribution in [3.63, 3.8) is 0 Å². The molecule has 0 spiro atoms. The van der Waals surface area contributed by atoms with Gasteiger partial charge in [0.2, 0.25) is 0 Å². The lowest BCUT2D eigenvalue weighted by Gasteiger charge is -2.08. The number of imidazole rings is 1. The first-order valence-corrected chi connectivity index (χ1v) is 7.75. The second-order valence-corrected chi connectivity index (χ2v) is 5.96. The summed E-state index contributed by atoms with van der Waals surface area (Å²) >= 11 is 12.2. The number of fused-ring (bicyclic) bond motifs is 1. The highest BCUT2D eigenvalue weighted by Crippen LogP contribution is 2.32. The van der Waals surface area contributed by atoms with Gasteiger partial charge in [0.15, 0.2) is 11.3 Å². The predicted molar refractivity (Wildman–Crippen MR) is 89.5 cm³/mol. The van der Waals surface area contributed by atoms with Gasteiger partial charge in [0.05, 0.1) is 16.4 Å². The molecule has 2 heterocycles. The molecule has 0 radical (unpaired) electrons. The van der Waals surface area contributed by atoms with E-state index in [0.717, 1.165) is 0 Å². The zero-order chi connectivity index (χ0) is 16.7. The molecule has 0 saturated heterocycles. The third-order valence-electron chi connectivity index (χ3n) is 3.52. The molecule has 0 aliphatic heterocycles. The highest BCUT2D eigenvalue weighted by atomic mass is 35.5. The molecule has 0 atom stereocenters. The number of carbonyl (C=O) groups is 1. The maximum atomic E-state index is 11.6. The third-order valence-corrected chi connectivity index (χ3v) is 4.07. The first kappa shape index (κ1) is 15.8. The van der Waals surface area contributed by atoms with E-state index in [4.69, 9.17) is 23.2 Å². The molecule has 0 aliphatic carbocycles. The number of hydrogen-bond donors (Lipinski definition) is 1. The lowest BCUT2D eigenvalue weighted by Crippen LogP contribution is -2.06. The van der Waals surface area contributed by atoms with E-state index in [0.29, 0.717) is 44.8 Å². The quantitative estimate of drug-likeness (QED) is 0.766. The van der Waals surface area contributed by atoms with Crippen molar-refractivity contribution in [2.75, 3.05) is 0 Å². The summed E-state index contributed by atoms with van der Waals surface area (Å²) in [5.74, 6) is -1.02. The maximum Gasteiger partial charge on any atom is 0.354 e. The van der Waals surface area contributed by atoms with Crippen LogP contribution in [0.15, 0.2) is 24.4 Å². The normalized spacial score (nSPS) is 11.1. The van der Waals surface area contributed by atoms with Crippen LogP contribution >= 0.6 is 23.2 Å². The van der Waals surface area contributed by atoms with Gasteiger partial charge in [0, 0.05) is 16.8 Å². The van der Waals surface area contributed by atoms with Gasteiger partial charge < -0.3 is 5.11 Å². The standard InChI is InChI=1S/C16H13Cl2N3O2/c1-3-12-14(16(22)23)21-7-8(2)19-13(15(21)20-12)10-5-4-9(17)6-11(10)18/h4-7H,3H2,1-2H3,(H,22,23). The first-order valence-electron chi connectivity index (χ1n) is 6.99. The Kier molecular flexibility index (Phi) is 4.00. The number of carboxylic acids is 1. The zero-order valence-electron chi connectivity index (χ0n) is 12.5. The van der Waals surface area contributed by atoms with Crippen molar-refractivity contribution in [2.45, 2.75) is 20.3 Å². The van der Waals surface area contributed by atoms with Gasteiger partial charge in [-0.3, -0.25) is 4.40 Å². The Hall–Kier alpha value is -2.11. The van der Waals surface area contributed by atoms with Crippen LogP contribution in [0.2, 0.25) is 10.0 Å². The van der Waals surface area contributed by atoms with Crippen molar-refractivity contribution < 1.29 is 9.90 Å². The van der Waals surface area contributed by atoms with Gasteiger partial charge in [-0.1, -0.05) is 30.1 Å². The number of rotatable bonds is 3. The summed E-state index contributed by atoms with van der Waals surface area (Å²) in [5.41, 5.74) is 2.99. The molecule has 3 aromatic rings. The number of benzene rings is 1. The number of halogens is 2. The van der Waals surface area contributed by atoms with Crippen molar-refractivity contribution in [3.8, 4) is 11.3 Å².